The minimum atomic E-state index is -0.483. The number of benzene rings is 1. The van der Waals surface area contributed by atoms with E-state index in [0.717, 1.165) is 25.5 Å². The molecule has 0 spiro atoms. The fourth-order valence-corrected chi connectivity index (χ4v) is 4.38. The van der Waals surface area contributed by atoms with Crippen molar-refractivity contribution in [3.63, 3.8) is 0 Å². The van der Waals surface area contributed by atoms with E-state index >= 15 is 0 Å². The number of hydrogen-bond donors (Lipinski definition) is 3. The van der Waals surface area contributed by atoms with Gasteiger partial charge in [0.1, 0.15) is 5.75 Å². The van der Waals surface area contributed by atoms with Gasteiger partial charge in [0, 0.05) is 0 Å². The van der Waals surface area contributed by atoms with E-state index in [-0.39, 0.29) is 6.04 Å². The van der Waals surface area contributed by atoms with Crippen LogP contribution < -0.4 is 5.73 Å². The van der Waals surface area contributed by atoms with Crippen molar-refractivity contribution in [1.82, 2.24) is 0 Å². The minimum absolute atomic E-state index is 0.294. The van der Waals surface area contributed by atoms with Crippen LogP contribution in [0, 0.1) is 13.1 Å². The number of aliphatic hydroxyl groups excluding tert-OH is 1. The number of halogens is 2. The molecule has 0 unspecified atom stereocenters. The van der Waals surface area contributed by atoms with Gasteiger partial charge in [-0.25, -0.2) is 0 Å². The summed E-state index contributed by atoms with van der Waals surface area (Å²) >= 11 is 4.18. The van der Waals surface area contributed by atoms with Crippen LogP contribution in [0.5, 0.6) is 5.75 Å². The van der Waals surface area contributed by atoms with Gasteiger partial charge in [0.15, 0.2) is 0 Å². The van der Waals surface area contributed by atoms with Gasteiger partial charge < -0.3 is 15.9 Å². The monoisotopic (exact) mass is 473 g/mol. The van der Waals surface area contributed by atoms with E-state index < -0.39 is 6.10 Å². The van der Waals surface area contributed by atoms with Crippen LogP contribution in [-0.4, -0.2) is 16.3 Å². The predicted octanol–water partition coefficient (Wildman–Crippen LogP) is 3.15. The summed E-state index contributed by atoms with van der Waals surface area (Å²) in [5.74, 6) is 0.617. The molecular formula is C13H17I2NO2. The molecular weight excluding hydrogens is 456 g/mol. The molecule has 0 amide bonds. The molecule has 1 aromatic carbocycles. The molecule has 18 heavy (non-hydrogen) atoms. The number of phenolic OH excluding ortho intramolecular Hbond substituents is 1. The summed E-state index contributed by atoms with van der Waals surface area (Å²) < 4.78 is 1.56. The van der Waals surface area contributed by atoms with Crippen LogP contribution >= 0.6 is 45.2 Å². The van der Waals surface area contributed by atoms with Gasteiger partial charge in [0.05, 0.1) is 19.3 Å². The van der Waals surface area contributed by atoms with Crippen LogP contribution in [0.1, 0.15) is 37.3 Å². The molecule has 1 aromatic rings. The van der Waals surface area contributed by atoms with Crippen LogP contribution in [-0.2, 0) is 0 Å². The van der Waals surface area contributed by atoms with E-state index in [0.29, 0.717) is 11.7 Å². The molecule has 2 atom stereocenters. The summed E-state index contributed by atoms with van der Waals surface area (Å²) in [4.78, 5) is 0. The number of rotatable bonds is 3. The Morgan fingerprint density at radius 3 is 2.17 bits per heavy atom. The number of phenols is 1. The van der Waals surface area contributed by atoms with Gasteiger partial charge in [0.25, 0.3) is 0 Å². The van der Waals surface area contributed by atoms with Crippen molar-refractivity contribution in [3.8, 4) is 5.75 Å². The van der Waals surface area contributed by atoms with Crippen LogP contribution in [0.3, 0.4) is 0 Å². The quantitative estimate of drug-likeness (QED) is 0.592. The van der Waals surface area contributed by atoms with Crippen LogP contribution in [0.4, 0.5) is 0 Å². The average molecular weight is 473 g/mol. The molecule has 0 aliphatic heterocycles. The molecule has 0 bridgehead atoms. The molecule has 2 rings (SSSR count). The zero-order valence-corrected chi connectivity index (χ0v) is 14.3. The predicted molar refractivity (Wildman–Crippen MR) is 88.4 cm³/mol. The highest BCUT2D eigenvalue weighted by molar-refractivity contribution is 14.1. The topological polar surface area (TPSA) is 66.5 Å². The largest absolute Gasteiger partial charge is 0.506 e. The highest BCUT2D eigenvalue weighted by atomic mass is 127. The minimum Gasteiger partial charge on any atom is -0.506 e. The SMILES string of the molecule is N[C@@H](c1cc(I)c(O)c(I)c1)[C@H](O)C1CCCC1. The van der Waals surface area contributed by atoms with Gasteiger partial charge in [-0.2, -0.15) is 0 Å². The Balaban J connectivity index is 2.19. The summed E-state index contributed by atoms with van der Waals surface area (Å²) in [6, 6.07) is 3.36. The van der Waals surface area contributed by atoms with Gasteiger partial charge >= 0.3 is 0 Å². The van der Waals surface area contributed by atoms with Crippen LogP contribution in [0.25, 0.3) is 0 Å². The third kappa shape index (κ3) is 3.10. The second kappa shape index (κ2) is 6.23. The molecule has 0 heterocycles. The molecule has 0 aromatic heterocycles. The average Bonchev–Trinajstić information content (AvgIpc) is 2.87. The maximum atomic E-state index is 10.3. The summed E-state index contributed by atoms with van der Waals surface area (Å²) in [5.41, 5.74) is 7.07. The Hall–Kier alpha value is 0.400. The Morgan fingerprint density at radius 2 is 1.67 bits per heavy atom. The molecule has 100 valence electrons. The molecule has 1 saturated carbocycles. The first-order valence-electron chi connectivity index (χ1n) is 6.12. The molecule has 3 nitrogen and oxygen atoms in total. The standard InChI is InChI=1S/C13H17I2NO2/c14-9-5-8(6-10(15)13(9)18)11(16)12(17)7-3-1-2-4-7/h5-7,11-12,17-18H,1-4,16H2/t11-,12+/m0/s1. The van der Waals surface area contributed by atoms with E-state index in [4.69, 9.17) is 5.73 Å². The Kier molecular flexibility index (Phi) is 5.13. The fraction of sp³-hybridized carbons (Fsp3) is 0.538. The second-order valence-corrected chi connectivity index (χ2v) is 7.22. The Bertz CT molecular complexity index is 410. The summed E-state index contributed by atoms with van der Waals surface area (Å²) in [6.07, 6.45) is 4.05. The van der Waals surface area contributed by atoms with Crippen LogP contribution in [0.15, 0.2) is 12.1 Å². The lowest BCUT2D eigenvalue weighted by Gasteiger charge is -2.25. The van der Waals surface area contributed by atoms with Gasteiger partial charge in [-0.15, -0.1) is 0 Å². The number of hydrogen-bond acceptors (Lipinski definition) is 3. The molecule has 0 radical (unpaired) electrons. The molecule has 1 aliphatic carbocycles. The van der Waals surface area contributed by atoms with Crippen LogP contribution in [0.2, 0.25) is 0 Å². The normalized spacial score (nSPS) is 20.0. The third-order valence-electron chi connectivity index (χ3n) is 3.67. The zero-order valence-electron chi connectivity index (χ0n) is 9.94. The Morgan fingerprint density at radius 1 is 1.17 bits per heavy atom. The maximum Gasteiger partial charge on any atom is 0.142 e. The highest BCUT2D eigenvalue weighted by Crippen LogP contribution is 2.35. The lowest BCUT2D eigenvalue weighted by Crippen LogP contribution is -2.32. The van der Waals surface area contributed by atoms with Gasteiger partial charge in [0.2, 0.25) is 0 Å². The van der Waals surface area contributed by atoms with Gasteiger partial charge in [-0.05, 0) is 81.6 Å². The third-order valence-corrected chi connectivity index (χ3v) is 5.32. The smallest absolute Gasteiger partial charge is 0.142 e. The molecule has 0 saturated heterocycles. The van der Waals surface area contributed by atoms with E-state index in [2.05, 4.69) is 45.2 Å². The van der Waals surface area contributed by atoms with E-state index in [9.17, 15) is 10.2 Å². The zero-order chi connectivity index (χ0) is 13.3. The summed E-state index contributed by atoms with van der Waals surface area (Å²) in [6.45, 7) is 0. The molecule has 4 N–H and O–H groups in total. The van der Waals surface area contributed by atoms with E-state index in [1.165, 1.54) is 12.8 Å². The van der Waals surface area contributed by atoms with Crippen molar-refractivity contribution in [3.05, 3.63) is 24.8 Å². The van der Waals surface area contributed by atoms with Crippen molar-refractivity contribution in [2.75, 3.05) is 0 Å². The molecule has 1 aliphatic rings. The van der Waals surface area contributed by atoms with E-state index in [1.807, 2.05) is 12.1 Å². The molecule has 5 heteroatoms. The van der Waals surface area contributed by atoms with Crippen molar-refractivity contribution in [2.24, 2.45) is 11.7 Å². The Labute approximate surface area is 134 Å². The molecule has 1 fully saturated rings. The maximum absolute atomic E-state index is 10.3. The first-order valence-corrected chi connectivity index (χ1v) is 8.28. The van der Waals surface area contributed by atoms with Gasteiger partial charge in [-0.1, -0.05) is 12.8 Å². The van der Waals surface area contributed by atoms with Crippen molar-refractivity contribution < 1.29 is 10.2 Å². The lowest BCUT2D eigenvalue weighted by molar-refractivity contribution is 0.0844. The number of nitrogens with two attached hydrogens (primary N) is 1. The fourth-order valence-electron chi connectivity index (χ4n) is 2.57. The van der Waals surface area contributed by atoms with Crippen molar-refractivity contribution in [2.45, 2.75) is 37.8 Å². The lowest BCUT2D eigenvalue weighted by atomic mass is 9.91. The highest BCUT2D eigenvalue weighted by Gasteiger charge is 2.29. The van der Waals surface area contributed by atoms with Gasteiger partial charge in [-0.3, -0.25) is 0 Å². The summed E-state index contributed by atoms with van der Waals surface area (Å²) in [5, 5.41) is 20.1. The first kappa shape index (κ1) is 14.8. The van der Waals surface area contributed by atoms with E-state index in [1.54, 1.807) is 0 Å². The first-order chi connectivity index (χ1) is 8.50. The van der Waals surface area contributed by atoms with Crippen molar-refractivity contribution in [1.29, 1.82) is 0 Å². The second-order valence-electron chi connectivity index (χ2n) is 4.89. The van der Waals surface area contributed by atoms with Crippen molar-refractivity contribution >= 4 is 45.2 Å². The number of aromatic hydroxyl groups is 1. The number of aliphatic hydroxyl groups is 1. The summed E-state index contributed by atoms with van der Waals surface area (Å²) in [7, 11) is 0.